The molecule has 2 aliphatic heterocycles. The molecule has 3 heterocycles. The van der Waals surface area contributed by atoms with Gasteiger partial charge < -0.3 is 14.2 Å². The van der Waals surface area contributed by atoms with Crippen LogP contribution in [0.25, 0.3) is 22.6 Å². The highest BCUT2D eigenvalue weighted by Gasteiger charge is 2.33. The van der Waals surface area contributed by atoms with E-state index in [9.17, 15) is 17.6 Å². The molecule has 0 bridgehead atoms. The Morgan fingerprint density at radius 3 is 2.58 bits per heavy atom. The third kappa shape index (κ3) is 4.22. The van der Waals surface area contributed by atoms with Crippen molar-refractivity contribution in [3.8, 4) is 0 Å². The Morgan fingerprint density at radius 1 is 1.00 bits per heavy atom. The van der Waals surface area contributed by atoms with Gasteiger partial charge in [0.05, 0.1) is 23.8 Å². The second kappa shape index (κ2) is 9.50. The van der Waals surface area contributed by atoms with Crippen LogP contribution in [0.4, 0.5) is 10.1 Å². The molecule has 2 aliphatic rings. The van der Waals surface area contributed by atoms with Crippen molar-refractivity contribution < 1.29 is 22.3 Å². The summed E-state index contributed by atoms with van der Waals surface area (Å²) >= 11 is 0. The quantitative estimate of drug-likeness (QED) is 0.359. The molecule has 7 nitrogen and oxygen atoms in total. The average Bonchev–Trinajstić information content (AvgIpc) is 3.39. The lowest BCUT2D eigenvalue weighted by molar-refractivity contribution is -0.112. The Labute approximate surface area is 220 Å². The molecule has 0 radical (unpaired) electrons. The van der Waals surface area contributed by atoms with Gasteiger partial charge in [-0.15, -0.1) is 0 Å². The number of likely N-dealkylation sites (N-methyl/N-ethyl adjacent to an activating group) is 1. The van der Waals surface area contributed by atoms with Crippen LogP contribution in [-0.4, -0.2) is 56.5 Å². The molecule has 0 unspecified atom stereocenters. The Morgan fingerprint density at radius 2 is 1.79 bits per heavy atom. The van der Waals surface area contributed by atoms with Crippen molar-refractivity contribution in [2.75, 3.05) is 38.3 Å². The summed E-state index contributed by atoms with van der Waals surface area (Å²) in [6.45, 7) is 1.78. The lowest BCUT2D eigenvalue weighted by atomic mass is 10.0. The van der Waals surface area contributed by atoms with Crippen LogP contribution in [0, 0.1) is 5.82 Å². The lowest BCUT2D eigenvalue weighted by Crippen LogP contribution is -2.40. The number of hydrogen-bond acceptors (Lipinski definition) is 4. The molecular weight excluding hydrogens is 505 g/mol. The summed E-state index contributed by atoms with van der Waals surface area (Å²) in [5.74, 6) is -0.497. The van der Waals surface area contributed by atoms with Crippen LogP contribution in [0.3, 0.4) is 0 Å². The summed E-state index contributed by atoms with van der Waals surface area (Å²) in [6, 6.07) is 19.2. The molecule has 4 aromatic rings. The van der Waals surface area contributed by atoms with E-state index in [0.29, 0.717) is 49.7 Å². The number of nitrogens with zero attached hydrogens (tertiary/aromatic N) is 3. The van der Waals surface area contributed by atoms with Gasteiger partial charge in [0.25, 0.3) is 5.91 Å². The van der Waals surface area contributed by atoms with E-state index < -0.39 is 10.0 Å². The number of rotatable bonds is 5. The summed E-state index contributed by atoms with van der Waals surface area (Å²) in [4.78, 5) is 15.0. The molecule has 1 saturated heterocycles. The Hall–Kier alpha value is -3.79. The minimum atomic E-state index is -3.72. The molecule has 9 heteroatoms. The average molecular weight is 532 g/mol. The second-order valence-corrected chi connectivity index (χ2v) is 11.4. The third-order valence-electron chi connectivity index (χ3n) is 7.12. The zero-order chi connectivity index (χ0) is 26.4. The Balaban J connectivity index is 1.44. The van der Waals surface area contributed by atoms with Gasteiger partial charge in [0.15, 0.2) is 0 Å². The number of amides is 1. The first-order valence-corrected chi connectivity index (χ1v) is 13.8. The zero-order valence-electron chi connectivity index (χ0n) is 20.8. The topological polar surface area (TPSA) is 71.9 Å². The maximum Gasteiger partial charge on any atom is 0.258 e. The fourth-order valence-electron chi connectivity index (χ4n) is 5.17. The van der Waals surface area contributed by atoms with Crippen LogP contribution in [0.1, 0.15) is 16.7 Å². The first kappa shape index (κ1) is 24.5. The molecule has 0 atom stereocenters. The number of aromatic nitrogens is 1. The predicted octanol–water partition coefficient (Wildman–Crippen LogP) is 4.37. The highest BCUT2D eigenvalue weighted by molar-refractivity contribution is 7.89. The van der Waals surface area contributed by atoms with E-state index in [1.807, 2.05) is 47.2 Å². The zero-order valence-corrected chi connectivity index (χ0v) is 21.6. The van der Waals surface area contributed by atoms with Gasteiger partial charge in [-0.25, -0.2) is 12.8 Å². The molecule has 6 rings (SSSR count). The molecule has 1 aromatic heterocycles. The summed E-state index contributed by atoms with van der Waals surface area (Å²) in [6.07, 6.45) is 3.77. The summed E-state index contributed by atoms with van der Waals surface area (Å²) in [5.41, 5.74) is 4.26. The molecule has 0 aliphatic carbocycles. The number of hydrogen-bond donors (Lipinski definition) is 0. The van der Waals surface area contributed by atoms with Gasteiger partial charge in [0.1, 0.15) is 5.82 Å². The molecule has 1 fully saturated rings. The van der Waals surface area contributed by atoms with E-state index >= 15 is 0 Å². The maximum atomic E-state index is 13.8. The number of anilines is 1. The third-order valence-corrected chi connectivity index (χ3v) is 9.02. The minimum absolute atomic E-state index is 0.153. The number of halogens is 1. The van der Waals surface area contributed by atoms with Crippen LogP contribution in [0.5, 0.6) is 0 Å². The van der Waals surface area contributed by atoms with E-state index in [4.69, 9.17) is 4.74 Å². The number of fused-ring (bicyclic) bond motifs is 2. The van der Waals surface area contributed by atoms with Crippen molar-refractivity contribution in [1.29, 1.82) is 0 Å². The van der Waals surface area contributed by atoms with Crippen molar-refractivity contribution in [2.24, 2.45) is 0 Å². The van der Waals surface area contributed by atoms with E-state index in [1.165, 1.54) is 21.3 Å². The Bertz CT molecular complexity index is 1700. The molecule has 0 saturated carbocycles. The molecule has 194 valence electrons. The van der Waals surface area contributed by atoms with Crippen molar-refractivity contribution in [3.05, 3.63) is 95.4 Å². The normalized spacial score (nSPS) is 17.5. The number of carbonyl (C=O) groups excluding carboxylic acids is 1. The highest BCUT2D eigenvalue weighted by Crippen LogP contribution is 2.39. The lowest BCUT2D eigenvalue weighted by Gasteiger charge is -2.26. The van der Waals surface area contributed by atoms with Crippen LogP contribution < -0.4 is 4.90 Å². The number of morpholine rings is 1. The van der Waals surface area contributed by atoms with E-state index in [-0.39, 0.29) is 16.6 Å². The van der Waals surface area contributed by atoms with Gasteiger partial charge in [-0.3, -0.25) is 4.79 Å². The van der Waals surface area contributed by atoms with Gasteiger partial charge in [-0.1, -0.05) is 30.3 Å². The maximum absolute atomic E-state index is 13.8. The fraction of sp³-hybridized carbons (Fsp3) is 0.207. The minimum Gasteiger partial charge on any atom is -0.379 e. The summed E-state index contributed by atoms with van der Waals surface area (Å²) in [5, 5.41) is 0.942. The van der Waals surface area contributed by atoms with Crippen LogP contribution in [0.2, 0.25) is 0 Å². The van der Waals surface area contributed by atoms with Gasteiger partial charge >= 0.3 is 0 Å². The van der Waals surface area contributed by atoms with Gasteiger partial charge in [-0.05, 0) is 48.0 Å². The number of sulfonamides is 1. The second-order valence-electron chi connectivity index (χ2n) is 9.48. The number of ether oxygens (including phenoxy) is 1. The first-order valence-electron chi connectivity index (χ1n) is 12.4. The molecular formula is C29H26FN3O4S. The van der Waals surface area contributed by atoms with Crippen molar-refractivity contribution >= 4 is 44.2 Å². The standard InChI is InChI=1S/C29H26FN3O4S/c1-31-27-10-9-23(38(35,36)33-11-13-37-14-12-33)17-25(27)26(29(31)34)16-21-19-32(28-8-3-2-7-24(21)28)18-20-5-4-6-22(30)15-20/h2-10,15-17,19H,11-14,18H2,1H3/b26-16-. The van der Waals surface area contributed by atoms with Crippen molar-refractivity contribution in [1.82, 2.24) is 8.87 Å². The predicted molar refractivity (Wildman–Crippen MR) is 145 cm³/mol. The number of para-hydroxylation sites is 1. The smallest absolute Gasteiger partial charge is 0.258 e. The number of carbonyl (C=O) groups is 1. The molecule has 38 heavy (non-hydrogen) atoms. The van der Waals surface area contributed by atoms with E-state index in [2.05, 4.69) is 0 Å². The van der Waals surface area contributed by atoms with E-state index in [1.54, 1.807) is 31.3 Å². The molecule has 0 N–H and O–H groups in total. The first-order chi connectivity index (χ1) is 18.3. The number of benzene rings is 3. The Kier molecular flexibility index (Phi) is 6.14. The molecule has 3 aromatic carbocycles. The van der Waals surface area contributed by atoms with Crippen LogP contribution in [-0.2, 0) is 26.1 Å². The van der Waals surface area contributed by atoms with Gasteiger partial charge in [-0.2, -0.15) is 4.31 Å². The fourth-order valence-corrected chi connectivity index (χ4v) is 6.61. The van der Waals surface area contributed by atoms with Gasteiger partial charge in [0.2, 0.25) is 10.0 Å². The van der Waals surface area contributed by atoms with Crippen molar-refractivity contribution in [3.63, 3.8) is 0 Å². The largest absolute Gasteiger partial charge is 0.379 e. The molecule has 1 amide bonds. The van der Waals surface area contributed by atoms with Gasteiger partial charge in [0, 0.05) is 60.5 Å². The van der Waals surface area contributed by atoms with Crippen LogP contribution >= 0.6 is 0 Å². The molecule has 0 spiro atoms. The van der Waals surface area contributed by atoms with E-state index in [0.717, 1.165) is 22.0 Å². The SMILES string of the molecule is CN1C(=O)/C(=C\c2cn(Cc3cccc(F)c3)c3ccccc23)c2cc(S(=O)(=O)N3CCOCC3)ccc21. The summed E-state index contributed by atoms with van der Waals surface area (Å²) in [7, 11) is -2.04. The summed E-state index contributed by atoms with van der Waals surface area (Å²) < 4.78 is 49.2. The van der Waals surface area contributed by atoms with Crippen molar-refractivity contribution in [2.45, 2.75) is 11.4 Å². The van der Waals surface area contributed by atoms with Crippen LogP contribution in [0.15, 0.2) is 77.8 Å². The monoisotopic (exact) mass is 531 g/mol. The highest BCUT2D eigenvalue weighted by atomic mass is 32.2.